The predicted molar refractivity (Wildman–Crippen MR) is 92.2 cm³/mol. The van der Waals surface area contributed by atoms with E-state index in [0.29, 0.717) is 6.10 Å². The molecule has 0 atom stereocenters. The number of hydrogen-bond acceptors (Lipinski definition) is 2. The number of likely N-dealkylation sites (tertiary alicyclic amines) is 1. The lowest BCUT2D eigenvalue weighted by Crippen LogP contribution is -2.37. The van der Waals surface area contributed by atoms with E-state index < -0.39 is 0 Å². The maximum Gasteiger partial charge on any atom is 0.120 e. The van der Waals surface area contributed by atoms with Crippen molar-refractivity contribution in [3.8, 4) is 5.75 Å². The molecule has 22 heavy (non-hydrogen) atoms. The van der Waals surface area contributed by atoms with Gasteiger partial charge < -0.3 is 9.64 Å². The lowest BCUT2D eigenvalue weighted by Gasteiger charge is -2.34. The van der Waals surface area contributed by atoms with Gasteiger partial charge in [-0.05, 0) is 42.5 Å². The van der Waals surface area contributed by atoms with Crippen LogP contribution in [0.3, 0.4) is 0 Å². The minimum atomic E-state index is 0.327. The van der Waals surface area contributed by atoms with Gasteiger partial charge in [0.05, 0.1) is 0 Å². The van der Waals surface area contributed by atoms with Crippen molar-refractivity contribution in [3.63, 3.8) is 0 Å². The van der Waals surface area contributed by atoms with Gasteiger partial charge in [-0.3, -0.25) is 0 Å². The molecule has 2 aliphatic rings. The highest BCUT2D eigenvalue weighted by Gasteiger charge is 2.21. The Morgan fingerprint density at radius 2 is 1.86 bits per heavy atom. The van der Waals surface area contributed by atoms with E-state index in [1.807, 2.05) is 6.08 Å². The van der Waals surface area contributed by atoms with Gasteiger partial charge in [0, 0.05) is 31.6 Å². The van der Waals surface area contributed by atoms with Gasteiger partial charge >= 0.3 is 0 Å². The molecule has 1 saturated carbocycles. The predicted octanol–water partition coefficient (Wildman–Crippen LogP) is 4.89. The molecule has 0 unspecified atom stereocenters. The molecule has 2 nitrogen and oxygen atoms in total. The molecule has 0 aromatic heterocycles. The van der Waals surface area contributed by atoms with E-state index in [-0.39, 0.29) is 0 Å². The second-order valence-corrected chi connectivity index (χ2v) is 6.55. The summed E-state index contributed by atoms with van der Waals surface area (Å²) in [4.78, 5) is 2.29. The molecule has 1 aliphatic heterocycles. The molecular formula is C20H27NO. The zero-order valence-electron chi connectivity index (χ0n) is 13.5. The van der Waals surface area contributed by atoms with E-state index in [0.717, 1.165) is 43.3 Å². The molecule has 0 amide bonds. The highest BCUT2D eigenvalue weighted by atomic mass is 16.5. The van der Waals surface area contributed by atoms with Crippen LogP contribution in [0.2, 0.25) is 0 Å². The fourth-order valence-corrected chi connectivity index (χ4v) is 3.68. The first-order valence-corrected chi connectivity index (χ1v) is 8.59. The summed E-state index contributed by atoms with van der Waals surface area (Å²) in [5.74, 6) is 1.80. The number of nitrogens with zero attached hydrogens (tertiary/aromatic N) is 1. The molecule has 2 fully saturated rings. The first-order valence-electron chi connectivity index (χ1n) is 8.59. The number of hydrogen-bond donors (Lipinski definition) is 0. The lowest BCUT2D eigenvalue weighted by atomic mass is 9.97. The van der Waals surface area contributed by atoms with Crippen LogP contribution in [-0.2, 0) is 0 Å². The molecule has 1 aliphatic carbocycles. The van der Waals surface area contributed by atoms with Crippen LogP contribution in [0.4, 0.5) is 0 Å². The summed E-state index contributed by atoms with van der Waals surface area (Å²) in [5.41, 5.74) is 2.49. The first kappa shape index (κ1) is 15.2. The van der Waals surface area contributed by atoms with Gasteiger partial charge in [-0.1, -0.05) is 38.1 Å². The summed E-state index contributed by atoms with van der Waals surface area (Å²) in [6, 6.07) is 8.79. The van der Waals surface area contributed by atoms with Crippen molar-refractivity contribution in [1.29, 1.82) is 0 Å². The summed E-state index contributed by atoms with van der Waals surface area (Å²) in [5, 5.41) is 0. The minimum Gasteiger partial charge on any atom is -0.490 e. The average molecular weight is 297 g/mol. The van der Waals surface area contributed by atoms with Crippen molar-refractivity contribution in [2.45, 2.75) is 50.5 Å². The number of ether oxygens (including phenoxy) is 1. The van der Waals surface area contributed by atoms with E-state index in [1.165, 1.54) is 31.2 Å². The SMILES string of the molecule is C=CC(=C)N1CCC(Oc2cccc(C3CCCC3)c2)CC1. The second kappa shape index (κ2) is 7.04. The summed E-state index contributed by atoms with van der Waals surface area (Å²) in [6.07, 6.45) is 9.71. The van der Waals surface area contributed by atoms with Crippen molar-refractivity contribution in [1.82, 2.24) is 4.90 Å². The largest absolute Gasteiger partial charge is 0.490 e. The van der Waals surface area contributed by atoms with E-state index in [9.17, 15) is 0 Å². The van der Waals surface area contributed by atoms with Crippen molar-refractivity contribution in [2.75, 3.05) is 13.1 Å². The maximum atomic E-state index is 6.24. The third-order valence-corrected chi connectivity index (χ3v) is 5.07. The van der Waals surface area contributed by atoms with Crippen molar-refractivity contribution < 1.29 is 4.74 Å². The average Bonchev–Trinajstić information content (AvgIpc) is 3.10. The Labute approximate surface area is 134 Å². The Bertz CT molecular complexity index is 522. The van der Waals surface area contributed by atoms with Gasteiger partial charge in [0.15, 0.2) is 0 Å². The molecular weight excluding hydrogens is 270 g/mol. The van der Waals surface area contributed by atoms with E-state index >= 15 is 0 Å². The molecule has 1 aromatic carbocycles. The smallest absolute Gasteiger partial charge is 0.120 e. The first-order chi connectivity index (χ1) is 10.8. The summed E-state index contributed by atoms with van der Waals surface area (Å²) in [6.45, 7) is 9.85. The lowest BCUT2D eigenvalue weighted by molar-refractivity contribution is 0.119. The Morgan fingerprint density at radius 1 is 1.14 bits per heavy atom. The summed E-state index contributed by atoms with van der Waals surface area (Å²) >= 11 is 0. The number of rotatable bonds is 5. The molecule has 1 saturated heterocycles. The second-order valence-electron chi connectivity index (χ2n) is 6.55. The summed E-state index contributed by atoms with van der Waals surface area (Å²) < 4.78 is 6.24. The number of benzene rings is 1. The van der Waals surface area contributed by atoms with Crippen molar-refractivity contribution in [3.05, 3.63) is 54.8 Å². The molecule has 0 spiro atoms. The molecule has 0 radical (unpaired) electrons. The fourth-order valence-electron chi connectivity index (χ4n) is 3.68. The molecule has 0 N–H and O–H groups in total. The molecule has 118 valence electrons. The van der Waals surface area contributed by atoms with Crippen LogP contribution >= 0.6 is 0 Å². The quantitative estimate of drug-likeness (QED) is 0.718. The van der Waals surface area contributed by atoms with Crippen molar-refractivity contribution >= 4 is 0 Å². The van der Waals surface area contributed by atoms with Crippen LogP contribution in [-0.4, -0.2) is 24.1 Å². The molecule has 1 aromatic rings. The van der Waals surface area contributed by atoms with E-state index in [2.05, 4.69) is 42.3 Å². The molecule has 0 bridgehead atoms. The normalized spacial score (nSPS) is 20.1. The van der Waals surface area contributed by atoms with Gasteiger partial charge in [-0.25, -0.2) is 0 Å². The Kier molecular flexibility index (Phi) is 4.87. The van der Waals surface area contributed by atoms with Crippen molar-refractivity contribution in [2.24, 2.45) is 0 Å². The number of piperidine rings is 1. The number of allylic oxidation sites excluding steroid dienone is 1. The standard InChI is InChI=1S/C20H27NO/c1-3-16(2)21-13-11-19(12-14-21)22-20-10-6-9-18(15-20)17-7-4-5-8-17/h3,6,9-10,15,17,19H,1-2,4-5,7-8,11-14H2. The minimum absolute atomic E-state index is 0.327. The van der Waals surface area contributed by atoms with Gasteiger partial charge in [0.25, 0.3) is 0 Å². The maximum absolute atomic E-state index is 6.24. The molecule has 2 heteroatoms. The molecule has 1 heterocycles. The highest BCUT2D eigenvalue weighted by molar-refractivity contribution is 5.31. The molecule has 3 rings (SSSR count). The zero-order chi connectivity index (χ0) is 15.4. The summed E-state index contributed by atoms with van der Waals surface area (Å²) in [7, 11) is 0. The fraction of sp³-hybridized carbons (Fsp3) is 0.500. The van der Waals surface area contributed by atoms with Crippen LogP contribution in [0.1, 0.15) is 50.0 Å². The Hall–Kier alpha value is -1.70. The Morgan fingerprint density at radius 3 is 2.55 bits per heavy atom. The van der Waals surface area contributed by atoms with E-state index in [1.54, 1.807) is 0 Å². The Balaban J connectivity index is 1.56. The third-order valence-electron chi connectivity index (χ3n) is 5.07. The van der Waals surface area contributed by atoms with Gasteiger partial charge in [0.2, 0.25) is 0 Å². The monoisotopic (exact) mass is 297 g/mol. The van der Waals surface area contributed by atoms with Gasteiger partial charge in [-0.15, -0.1) is 0 Å². The highest BCUT2D eigenvalue weighted by Crippen LogP contribution is 2.35. The van der Waals surface area contributed by atoms with Crippen LogP contribution in [0.15, 0.2) is 49.2 Å². The van der Waals surface area contributed by atoms with Crippen LogP contribution in [0.5, 0.6) is 5.75 Å². The topological polar surface area (TPSA) is 12.5 Å². The third kappa shape index (κ3) is 3.55. The van der Waals surface area contributed by atoms with Gasteiger partial charge in [-0.2, -0.15) is 0 Å². The van der Waals surface area contributed by atoms with Crippen LogP contribution < -0.4 is 4.74 Å². The van der Waals surface area contributed by atoms with E-state index in [4.69, 9.17) is 4.74 Å². The van der Waals surface area contributed by atoms with Gasteiger partial charge in [0.1, 0.15) is 11.9 Å². The zero-order valence-corrected chi connectivity index (χ0v) is 13.5. The van der Waals surface area contributed by atoms with Crippen LogP contribution in [0, 0.1) is 0 Å². The van der Waals surface area contributed by atoms with Crippen LogP contribution in [0.25, 0.3) is 0 Å².